The number of aryl methyl sites for hydroxylation is 1. The van der Waals surface area contributed by atoms with Gasteiger partial charge >= 0.3 is 0 Å². The summed E-state index contributed by atoms with van der Waals surface area (Å²) in [5.74, 6) is 0.859. The molecule has 2 aromatic carbocycles. The number of carbonyl (C=O) groups excluding carboxylic acids is 2. The van der Waals surface area contributed by atoms with Crippen molar-refractivity contribution in [1.29, 1.82) is 0 Å². The quantitative estimate of drug-likeness (QED) is 0.748. The van der Waals surface area contributed by atoms with Crippen LogP contribution in [0.15, 0.2) is 42.5 Å². The lowest BCUT2D eigenvalue weighted by atomic mass is 10.1. The minimum atomic E-state index is -0.369. The Morgan fingerprint density at radius 2 is 1.52 bits per heavy atom. The molecule has 2 amide bonds. The first-order valence-corrected chi connectivity index (χ1v) is 9.55. The van der Waals surface area contributed by atoms with Gasteiger partial charge in [0.25, 0.3) is 5.91 Å². The van der Waals surface area contributed by atoms with Crippen LogP contribution in [-0.4, -0.2) is 62.0 Å². The van der Waals surface area contributed by atoms with E-state index in [4.69, 9.17) is 9.47 Å². The largest absolute Gasteiger partial charge is 0.493 e. The first-order chi connectivity index (χ1) is 14.0. The highest BCUT2D eigenvalue weighted by Gasteiger charge is 2.24. The molecule has 0 atom stereocenters. The highest BCUT2D eigenvalue weighted by Crippen LogP contribution is 2.28. The van der Waals surface area contributed by atoms with E-state index in [1.54, 1.807) is 24.0 Å². The second-order valence-corrected chi connectivity index (χ2v) is 6.87. The number of amides is 2. The van der Waals surface area contributed by atoms with Crippen LogP contribution >= 0.6 is 0 Å². The second-order valence-electron chi connectivity index (χ2n) is 6.87. The first-order valence-electron chi connectivity index (χ1n) is 9.55. The smallest absolute Gasteiger partial charge is 0.253 e. The standard InChI is InChI=1S/C22H25FN2O4/c1-28-19-9-3-16(15-20(19)29-2)4-10-21(26)24-11-13-25(14-12-24)22(27)17-5-7-18(23)8-6-17/h3,5-9,15H,4,10-14H2,1-2H3. The van der Waals surface area contributed by atoms with Gasteiger partial charge in [0.1, 0.15) is 5.82 Å². The summed E-state index contributed by atoms with van der Waals surface area (Å²) in [6, 6.07) is 11.2. The zero-order valence-electron chi connectivity index (χ0n) is 16.7. The molecule has 7 heteroatoms. The molecule has 1 fully saturated rings. The number of ether oxygens (including phenoxy) is 2. The lowest BCUT2D eigenvalue weighted by Gasteiger charge is -2.35. The Hall–Kier alpha value is -3.09. The average Bonchev–Trinajstić information content (AvgIpc) is 2.77. The fraction of sp³-hybridized carbons (Fsp3) is 0.364. The molecule has 2 aromatic rings. The van der Waals surface area contributed by atoms with Crippen LogP contribution in [-0.2, 0) is 11.2 Å². The van der Waals surface area contributed by atoms with Crippen molar-refractivity contribution in [3.63, 3.8) is 0 Å². The Balaban J connectivity index is 1.50. The summed E-state index contributed by atoms with van der Waals surface area (Å²) in [6.07, 6.45) is 0.995. The van der Waals surface area contributed by atoms with E-state index in [1.807, 2.05) is 18.2 Å². The van der Waals surface area contributed by atoms with Gasteiger partial charge < -0.3 is 19.3 Å². The molecule has 1 aliphatic heterocycles. The molecule has 0 aromatic heterocycles. The van der Waals surface area contributed by atoms with Crippen LogP contribution in [0.1, 0.15) is 22.3 Å². The highest BCUT2D eigenvalue weighted by atomic mass is 19.1. The molecule has 0 radical (unpaired) electrons. The van der Waals surface area contributed by atoms with Crippen molar-refractivity contribution in [2.45, 2.75) is 12.8 Å². The fourth-order valence-electron chi connectivity index (χ4n) is 3.38. The van der Waals surface area contributed by atoms with Gasteiger partial charge in [0, 0.05) is 38.2 Å². The van der Waals surface area contributed by atoms with Gasteiger partial charge in [0.15, 0.2) is 11.5 Å². The van der Waals surface area contributed by atoms with E-state index in [1.165, 1.54) is 24.3 Å². The minimum Gasteiger partial charge on any atom is -0.493 e. The van der Waals surface area contributed by atoms with Gasteiger partial charge in [-0.3, -0.25) is 9.59 Å². The van der Waals surface area contributed by atoms with E-state index in [0.717, 1.165) is 5.56 Å². The molecular formula is C22H25FN2O4. The maximum absolute atomic E-state index is 13.0. The third-order valence-electron chi connectivity index (χ3n) is 5.09. The number of hydrogen-bond acceptors (Lipinski definition) is 4. The summed E-state index contributed by atoms with van der Waals surface area (Å²) in [7, 11) is 3.17. The van der Waals surface area contributed by atoms with Crippen LogP contribution in [0.4, 0.5) is 4.39 Å². The lowest BCUT2D eigenvalue weighted by molar-refractivity contribution is -0.132. The predicted octanol–water partition coefficient (Wildman–Crippen LogP) is 2.76. The summed E-state index contributed by atoms with van der Waals surface area (Å²) in [6.45, 7) is 1.94. The van der Waals surface area contributed by atoms with Gasteiger partial charge in [-0.05, 0) is 48.4 Å². The van der Waals surface area contributed by atoms with Crippen LogP contribution in [0.2, 0.25) is 0 Å². The van der Waals surface area contributed by atoms with Crippen LogP contribution in [0, 0.1) is 5.82 Å². The zero-order chi connectivity index (χ0) is 20.8. The maximum Gasteiger partial charge on any atom is 0.253 e. The SMILES string of the molecule is COc1ccc(CCC(=O)N2CCN(C(=O)c3ccc(F)cc3)CC2)cc1OC. The predicted molar refractivity (Wildman–Crippen MR) is 107 cm³/mol. The van der Waals surface area contributed by atoms with Gasteiger partial charge in [0.05, 0.1) is 14.2 Å². The lowest BCUT2D eigenvalue weighted by Crippen LogP contribution is -2.50. The molecule has 1 saturated heterocycles. The van der Waals surface area contributed by atoms with Gasteiger partial charge in [-0.25, -0.2) is 4.39 Å². The number of halogens is 1. The molecule has 0 saturated carbocycles. The Bertz CT molecular complexity index is 862. The van der Waals surface area contributed by atoms with Crippen molar-refractivity contribution in [2.24, 2.45) is 0 Å². The van der Waals surface area contributed by atoms with E-state index >= 15 is 0 Å². The van der Waals surface area contributed by atoms with Crippen molar-refractivity contribution in [2.75, 3.05) is 40.4 Å². The molecule has 1 heterocycles. The molecule has 29 heavy (non-hydrogen) atoms. The van der Waals surface area contributed by atoms with E-state index in [2.05, 4.69) is 0 Å². The van der Waals surface area contributed by atoms with Crippen molar-refractivity contribution in [3.8, 4) is 11.5 Å². The summed E-state index contributed by atoms with van der Waals surface area (Å²) >= 11 is 0. The molecule has 1 aliphatic rings. The molecule has 0 bridgehead atoms. The first kappa shape index (κ1) is 20.6. The molecule has 0 N–H and O–H groups in total. The molecule has 0 spiro atoms. The summed E-state index contributed by atoms with van der Waals surface area (Å²) in [5, 5.41) is 0. The van der Waals surface area contributed by atoms with E-state index in [9.17, 15) is 14.0 Å². The van der Waals surface area contributed by atoms with E-state index in [0.29, 0.717) is 56.1 Å². The molecule has 3 rings (SSSR count). The number of rotatable bonds is 6. The number of methoxy groups -OCH3 is 2. The number of carbonyl (C=O) groups is 2. The third-order valence-corrected chi connectivity index (χ3v) is 5.09. The monoisotopic (exact) mass is 400 g/mol. The van der Waals surface area contributed by atoms with Crippen molar-refractivity contribution >= 4 is 11.8 Å². The van der Waals surface area contributed by atoms with Crippen molar-refractivity contribution in [3.05, 3.63) is 59.4 Å². The minimum absolute atomic E-state index is 0.0636. The summed E-state index contributed by atoms with van der Waals surface area (Å²) < 4.78 is 23.6. The average molecular weight is 400 g/mol. The Morgan fingerprint density at radius 1 is 0.897 bits per heavy atom. The molecule has 0 unspecified atom stereocenters. The summed E-state index contributed by atoms with van der Waals surface area (Å²) in [5.41, 5.74) is 1.46. The number of hydrogen-bond donors (Lipinski definition) is 0. The Kier molecular flexibility index (Phi) is 6.69. The van der Waals surface area contributed by atoms with Crippen LogP contribution in [0.3, 0.4) is 0 Å². The van der Waals surface area contributed by atoms with Crippen LogP contribution in [0.25, 0.3) is 0 Å². The molecule has 154 valence electrons. The van der Waals surface area contributed by atoms with Gasteiger partial charge in [-0.1, -0.05) is 6.07 Å². The second kappa shape index (κ2) is 9.41. The van der Waals surface area contributed by atoms with Gasteiger partial charge in [-0.15, -0.1) is 0 Å². The topological polar surface area (TPSA) is 59.1 Å². The van der Waals surface area contributed by atoms with E-state index in [-0.39, 0.29) is 17.6 Å². The summed E-state index contributed by atoms with van der Waals surface area (Å²) in [4.78, 5) is 28.5. The Morgan fingerprint density at radius 3 is 2.14 bits per heavy atom. The molecule has 0 aliphatic carbocycles. The number of benzene rings is 2. The number of piperazine rings is 1. The van der Waals surface area contributed by atoms with Crippen LogP contribution < -0.4 is 9.47 Å². The molecule has 6 nitrogen and oxygen atoms in total. The zero-order valence-corrected chi connectivity index (χ0v) is 16.7. The fourth-order valence-corrected chi connectivity index (χ4v) is 3.38. The van der Waals surface area contributed by atoms with Crippen LogP contribution in [0.5, 0.6) is 11.5 Å². The Labute approximate surface area is 169 Å². The third kappa shape index (κ3) is 5.04. The highest BCUT2D eigenvalue weighted by molar-refractivity contribution is 5.94. The van der Waals surface area contributed by atoms with Crippen molar-refractivity contribution < 1.29 is 23.5 Å². The van der Waals surface area contributed by atoms with E-state index < -0.39 is 0 Å². The number of nitrogens with zero attached hydrogens (tertiary/aromatic N) is 2. The molecular weight excluding hydrogens is 375 g/mol. The normalized spacial score (nSPS) is 13.9. The maximum atomic E-state index is 13.0. The van der Waals surface area contributed by atoms with Gasteiger partial charge in [0.2, 0.25) is 5.91 Å². The van der Waals surface area contributed by atoms with Gasteiger partial charge in [-0.2, -0.15) is 0 Å². The van der Waals surface area contributed by atoms with Crippen molar-refractivity contribution in [1.82, 2.24) is 9.80 Å².